The van der Waals surface area contributed by atoms with E-state index in [9.17, 15) is 0 Å². The van der Waals surface area contributed by atoms with E-state index in [4.69, 9.17) is 0 Å². The Morgan fingerprint density at radius 2 is 1.34 bits per heavy atom. The minimum absolute atomic E-state index is 0.811. The molecule has 1 aliphatic rings. The quantitative estimate of drug-likeness (QED) is 0.191. The molecule has 0 aromatic rings. The largest absolute Gasteiger partial charge is 0.366 e. The molecule has 0 fully saturated rings. The second-order valence-electron chi connectivity index (χ2n) is 12.8. The molecule has 0 saturated heterocycles. The molecule has 44 heavy (non-hydrogen) atoms. The van der Waals surface area contributed by atoms with E-state index < -0.39 is 0 Å². The number of nitrogens with one attached hydrogen (secondary N) is 1. The van der Waals surface area contributed by atoms with Gasteiger partial charge in [0.1, 0.15) is 0 Å². The first kappa shape index (κ1) is 52.1. The smallest absolute Gasteiger partial charge is 0.00419 e. The highest BCUT2D eigenvalue weighted by molar-refractivity contribution is 7.99. The third kappa shape index (κ3) is 59.9. The van der Waals surface area contributed by atoms with E-state index >= 15 is 0 Å². The van der Waals surface area contributed by atoms with Crippen LogP contribution >= 0.6 is 11.8 Å². The molecule has 0 bridgehead atoms. The number of hydrogen-bond acceptors (Lipinski definition) is 3. The molecule has 0 spiro atoms. The molecule has 0 aliphatic heterocycles. The molecule has 2 unspecified atom stereocenters. The molecular formula is C41H82N2S. The molecule has 262 valence electrons. The standard InChI is InChI=1S/C13H27N.C8H12.C7H13N.C5H12S.C4H10.C4H8/c1-5-8-9-13(4)12-14(10-6-2)11-7-3;1-7-5-3-4-6-8(7)2;1-4-5-6-8-7(2)3;1-4-5(2)6-3;2*1-4(2)3/h5,13H,1,6-12H2,2-4H3;5-6H,3-4H2,1-2H3;5-6,8H,2,4H2,1,3H3;5H,4H2,1-3H3;4H,1-3H3;1H2,2-3H3/b;;6-5+;;;. The molecule has 1 aliphatic carbocycles. The van der Waals surface area contributed by atoms with E-state index in [1.165, 1.54) is 74.9 Å². The lowest BCUT2D eigenvalue weighted by atomic mass is 10.0. The van der Waals surface area contributed by atoms with Crippen molar-refractivity contribution in [2.24, 2.45) is 11.8 Å². The van der Waals surface area contributed by atoms with Gasteiger partial charge in [0.2, 0.25) is 0 Å². The summed E-state index contributed by atoms with van der Waals surface area (Å²) >= 11 is 1.92. The Morgan fingerprint density at radius 3 is 1.59 bits per heavy atom. The van der Waals surface area contributed by atoms with Gasteiger partial charge in [0.05, 0.1) is 0 Å². The lowest BCUT2D eigenvalue weighted by molar-refractivity contribution is 0.233. The summed E-state index contributed by atoms with van der Waals surface area (Å²) in [4.78, 5) is 2.59. The van der Waals surface area contributed by atoms with Crippen LogP contribution in [0, 0.1) is 11.8 Å². The summed E-state index contributed by atoms with van der Waals surface area (Å²) in [5.41, 5.74) is 5.06. The van der Waals surface area contributed by atoms with Crippen molar-refractivity contribution in [3.8, 4) is 0 Å². The maximum absolute atomic E-state index is 3.77. The van der Waals surface area contributed by atoms with Crippen LogP contribution in [0.25, 0.3) is 0 Å². The molecule has 2 nitrogen and oxygen atoms in total. The SMILES string of the molecule is C=C(C)C.C=C(C)N/C=C/CC.C=CCCC(C)CN(CCC)CCC.CC(C)C.CC1=CCCC=C1C.CCC(C)SC. The van der Waals surface area contributed by atoms with Gasteiger partial charge in [-0.15, -0.1) is 13.2 Å². The van der Waals surface area contributed by atoms with Gasteiger partial charge in [-0.1, -0.05) is 110 Å². The molecule has 0 radical (unpaired) electrons. The van der Waals surface area contributed by atoms with Crippen LogP contribution < -0.4 is 5.32 Å². The van der Waals surface area contributed by atoms with Gasteiger partial charge in [0, 0.05) is 17.5 Å². The van der Waals surface area contributed by atoms with E-state index in [1.54, 1.807) is 0 Å². The van der Waals surface area contributed by atoms with E-state index in [0.717, 1.165) is 35.6 Å². The molecule has 0 saturated carbocycles. The minimum Gasteiger partial charge on any atom is -0.366 e. The van der Waals surface area contributed by atoms with Crippen LogP contribution in [0.4, 0.5) is 0 Å². The zero-order chi connectivity index (χ0) is 35.3. The Hall–Kier alpha value is -1.45. The lowest BCUT2D eigenvalue weighted by Gasteiger charge is -2.24. The van der Waals surface area contributed by atoms with Crippen LogP contribution in [-0.2, 0) is 0 Å². The number of allylic oxidation sites excluding steroid dienone is 8. The van der Waals surface area contributed by atoms with Gasteiger partial charge in [-0.3, -0.25) is 0 Å². The van der Waals surface area contributed by atoms with E-state index in [2.05, 4.69) is 131 Å². The van der Waals surface area contributed by atoms with Gasteiger partial charge in [-0.25, -0.2) is 0 Å². The Morgan fingerprint density at radius 1 is 0.909 bits per heavy atom. The Labute approximate surface area is 285 Å². The first-order chi connectivity index (χ1) is 20.6. The van der Waals surface area contributed by atoms with Crippen LogP contribution in [0.5, 0.6) is 0 Å². The molecule has 0 heterocycles. The minimum atomic E-state index is 0.811. The molecule has 1 N–H and O–H groups in total. The fraction of sp³-hybridized carbons (Fsp3) is 0.707. The van der Waals surface area contributed by atoms with Crippen molar-refractivity contribution in [2.75, 3.05) is 25.9 Å². The molecule has 3 heteroatoms. The highest BCUT2D eigenvalue weighted by Gasteiger charge is 2.07. The maximum atomic E-state index is 3.77. The monoisotopic (exact) mass is 635 g/mol. The van der Waals surface area contributed by atoms with Crippen LogP contribution in [0.2, 0.25) is 0 Å². The zero-order valence-corrected chi connectivity index (χ0v) is 33.7. The topological polar surface area (TPSA) is 15.3 Å². The molecule has 0 aromatic carbocycles. The molecular weight excluding hydrogens is 553 g/mol. The van der Waals surface area contributed by atoms with Gasteiger partial charge in [-0.05, 0) is 123 Å². The highest BCUT2D eigenvalue weighted by atomic mass is 32.2. The Balaban J connectivity index is -0.000000147. The summed E-state index contributed by atoms with van der Waals surface area (Å²) in [6, 6.07) is 0. The molecule has 2 atom stereocenters. The summed E-state index contributed by atoms with van der Waals surface area (Å²) in [5.74, 6) is 1.64. The predicted octanol–water partition coefficient (Wildman–Crippen LogP) is 13.8. The van der Waals surface area contributed by atoms with E-state index in [-0.39, 0.29) is 0 Å². The summed E-state index contributed by atoms with van der Waals surface area (Å²) < 4.78 is 0. The van der Waals surface area contributed by atoms with E-state index in [1.807, 2.05) is 44.8 Å². The summed E-state index contributed by atoms with van der Waals surface area (Å²) in [6.45, 7) is 44.9. The molecule has 1 rings (SSSR count). The lowest BCUT2D eigenvalue weighted by Crippen LogP contribution is -2.30. The van der Waals surface area contributed by atoms with Crippen molar-refractivity contribution < 1.29 is 0 Å². The average Bonchev–Trinajstić information content (AvgIpc) is 2.94. The van der Waals surface area contributed by atoms with Gasteiger partial charge in [0.15, 0.2) is 0 Å². The summed E-state index contributed by atoms with van der Waals surface area (Å²) in [5, 5.41) is 3.82. The van der Waals surface area contributed by atoms with Crippen molar-refractivity contribution >= 4 is 11.8 Å². The molecule has 0 amide bonds. The number of hydrogen-bond donors (Lipinski definition) is 1. The second kappa shape index (κ2) is 41.5. The maximum Gasteiger partial charge on any atom is 0.00419 e. The number of rotatable bonds is 14. The van der Waals surface area contributed by atoms with Crippen molar-refractivity contribution in [1.82, 2.24) is 10.2 Å². The average molecular weight is 635 g/mol. The van der Waals surface area contributed by atoms with Crippen molar-refractivity contribution in [3.05, 3.63) is 72.7 Å². The zero-order valence-electron chi connectivity index (χ0n) is 32.9. The first-order valence-corrected chi connectivity index (χ1v) is 18.8. The first-order valence-electron chi connectivity index (χ1n) is 17.5. The Kier molecular flexibility index (Phi) is 49.2. The van der Waals surface area contributed by atoms with Crippen LogP contribution in [-0.4, -0.2) is 36.0 Å². The van der Waals surface area contributed by atoms with Gasteiger partial charge >= 0.3 is 0 Å². The van der Waals surface area contributed by atoms with Gasteiger partial charge in [0.25, 0.3) is 0 Å². The van der Waals surface area contributed by atoms with Crippen LogP contribution in [0.15, 0.2) is 72.7 Å². The second-order valence-corrected chi connectivity index (χ2v) is 14.0. The van der Waals surface area contributed by atoms with Crippen molar-refractivity contribution in [2.45, 2.75) is 154 Å². The number of nitrogens with zero attached hydrogens (tertiary/aromatic N) is 1. The Bertz CT molecular complexity index is 679. The predicted molar refractivity (Wildman–Crippen MR) is 214 cm³/mol. The van der Waals surface area contributed by atoms with Gasteiger partial charge in [-0.2, -0.15) is 11.8 Å². The van der Waals surface area contributed by atoms with Crippen molar-refractivity contribution in [1.29, 1.82) is 0 Å². The highest BCUT2D eigenvalue weighted by Crippen LogP contribution is 2.16. The summed E-state index contributed by atoms with van der Waals surface area (Å²) in [6.07, 6.45) is 22.6. The number of thioether (sulfide) groups is 1. The third-order valence-electron chi connectivity index (χ3n) is 5.86. The van der Waals surface area contributed by atoms with Crippen LogP contribution in [0.3, 0.4) is 0 Å². The van der Waals surface area contributed by atoms with Crippen molar-refractivity contribution in [3.63, 3.8) is 0 Å². The van der Waals surface area contributed by atoms with Gasteiger partial charge < -0.3 is 10.2 Å². The fourth-order valence-corrected chi connectivity index (χ4v) is 3.60. The van der Waals surface area contributed by atoms with E-state index in [0.29, 0.717) is 0 Å². The third-order valence-corrected chi connectivity index (χ3v) is 7.00. The normalized spacial score (nSPS) is 12.9. The summed E-state index contributed by atoms with van der Waals surface area (Å²) in [7, 11) is 0. The molecule has 0 aromatic heterocycles. The fourth-order valence-electron chi connectivity index (χ4n) is 3.27. The van der Waals surface area contributed by atoms with Crippen LogP contribution in [0.1, 0.15) is 148 Å².